The molecule has 2 aromatic rings. The van der Waals surface area contributed by atoms with Gasteiger partial charge in [0.25, 0.3) is 0 Å². The summed E-state index contributed by atoms with van der Waals surface area (Å²) in [6.45, 7) is 0. The van der Waals surface area contributed by atoms with E-state index in [4.69, 9.17) is 9.47 Å². The maximum absolute atomic E-state index is 12.0. The topological polar surface area (TPSA) is 72.5 Å². The van der Waals surface area contributed by atoms with E-state index < -0.39 is 0 Å². The summed E-state index contributed by atoms with van der Waals surface area (Å²) in [7, 11) is 5.02. The number of anilines is 2. The van der Waals surface area contributed by atoms with Crippen LogP contribution in [0.5, 0.6) is 11.5 Å². The number of aromatic nitrogens is 1. The minimum Gasteiger partial charge on any atom is -0.493 e. The minimum absolute atomic E-state index is 0.0249. The fourth-order valence-electron chi connectivity index (χ4n) is 2.56. The van der Waals surface area contributed by atoms with E-state index in [9.17, 15) is 4.79 Å². The monoisotopic (exact) mass is 319 g/mol. The van der Waals surface area contributed by atoms with Crippen LogP contribution in [-0.4, -0.2) is 32.2 Å². The molecule has 7 heteroatoms. The summed E-state index contributed by atoms with van der Waals surface area (Å²) in [5.74, 6) is 1.92. The molecule has 2 heterocycles. The van der Waals surface area contributed by atoms with Crippen molar-refractivity contribution in [2.24, 2.45) is 0 Å². The van der Waals surface area contributed by atoms with Gasteiger partial charge in [-0.3, -0.25) is 4.79 Å². The number of thiazole rings is 1. The molecule has 2 N–H and O–H groups in total. The third kappa shape index (κ3) is 2.48. The van der Waals surface area contributed by atoms with Crippen molar-refractivity contribution in [1.29, 1.82) is 0 Å². The lowest BCUT2D eigenvalue weighted by Gasteiger charge is -2.22. The molecule has 0 unspecified atom stereocenters. The number of rotatable bonds is 4. The largest absolute Gasteiger partial charge is 0.493 e. The summed E-state index contributed by atoms with van der Waals surface area (Å²) in [5, 5.41) is 6.64. The van der Waals surface area contributed by atoms with E-state index in [1.165, 1.54) is 0 Å². The zero-order valence-electron chi connectivity index (χ0n) is 12.6. The van der Waals surface area contributed by atoms with Crippen LogP contribution in [0.15, 0.2) is 18.2 Å². The molecule has 1 atom stereocenters. The van der Waals surface area contributed by atoms with E-state index in [1.807, 2.05) is 25.2 Å². The van der Waals surface area contributed by atoms with Gasteiger partial charge in [0.15, 0.2) is 16.6 Å². The number of benzene rings is 1. The molecule has 0 aliphatic carbocycles. The van der Waals surface area contributed by atoms with Crippen LogP contribution in [0.4, 0.5) is 10.9 Å². The van der Waals surface area contributed by atoms with Crippen LogP contribution in [-0.2, 0) is 4.79 Å². The fourth-order valence-corrected chi connectivity index (χ4v) is 3.57. The van der Waals surface area contributed by atoms with Gasteiger partial charge in [0.1, 0.15) is 5.82 Å². The molecule has 0 bridgehead atoms. The lowest BCUT2D eigenvalue weighted by atomic mass is 9.91. The van der Waals surface area contributed by atoms with E-state index in [-0.39, 0.29) is 11.8 Å². The van der Waals surface area contributed by atoms with Crippen molar-refractivity contribution in [3.05, 3.63) is 28.6 Å². The Kier molecular flexibility index (Phi) is 3.89. The molecule has 6 nitrogen and oxygen atoms in total. The Morgan fingerprint density at radius 3 is 2.77 bits per heavy atom. The summed E-state index contributed by atoms with van der Waals surface area (Å²) < 4.78 is 10.6. The number of nitrogens with zero attached hydrogens (tertiary/aromatic N) is 1. The molecular formula is C15H17N3O3S. The highest BCUT2D eigenvalue weighted by molar-refractivity contribution is 7.16. The number of hydrogen-bond acceptors (Lipinski definition) is 6. The van der Waals surface area contributed by atoms with E-state index in [1.54, 1.807) is 25.6 Å². The second-order valence-electron chi connectivity index (χ2n) is 4.90. The SMILES string of the molecule is CNc1nc2c(s1)[C@@H](c1ccc(OC)c(OC)c1)CC(=O)N2. The summed E-state index contributed by atoms with van der Waals surface area (Å²) >= 11 is 1.55. The molecule has 0 saturated heterocycles. The van der Waals surface area contributed by atoms with Gasteiger partial charge in [-0.2, -0.15) is 0 Å². The molecule has 1 amide bonds. The van der Waals surface area contributed by atoms with Crippen molar-refractivity contribution >= 4 is 28.2 Å². The van der Waals surface area contributed by atoms with Crippen LogP contribution in [0.25, 0.3) is 0 Å². The first-order valence-corrected chi connectivity index (χ1v) is 7.68. The van der Waals surface area contributed by atoms with Gasteiger partial charge >= 0.3 is 0 Å². The zero-order chi connectivity index (χ0) is 15.7. The average molecular weight is 319 g/mol. The first-order chi connectivity index (χ1) is 10.7. The maximum atomic E-state index is 12.0. The van der Waals surface area contributed by atoms with E-state index in [2.05, 4.69) is 15.6 Å². The molecule has 1 aromatic carbocycles. The van der Waals surface area contributed by atoms with Crippen LogP contribution in [0.3, 0.4) is 0 Å². The normalized spacial score (nSPS) is 16.7. The molecular weight excluding hydrogens is 302 g/mol. The summed E-state index contributed by atoms with van der Waals surface area (Å²) in [6, 6.07) is 5.75. The predicted octanol–water partition coefficient (Wildman–Crippen LogP) is 2.68. The Labute approximate surface area is 132 Å². The molecule has 116 valence electrons. The van der Waals surface area contributed by atoms with Gasteiger partial charge in [0.2, 0.25) is 5.91 Å². The molecule has 1 aliphatic heterocycles. The van der Waals surface area contributed by atoms with E-state index >= 15 is 0 Å². The van der Waals surface area contributed by atoms with Gasteiger partial charge in [-0.05, 0) is 17.7 Å². The molecule has 0 fully saturated rings. The highest BCUT2D eigenvalue weighted by Gasteiger charge is 2.30. The Hall–Kier alpha value is -2.28. The zero-order valence-corrected chi connectivity index (χ0v) is 13.4. The molecule has 0 spiro atoms. The van der Waals surface area contributed by atoms with E-state index in [0.717, 1.165) is 15.6 Å². The maximum Gasteiger partial charge on any atom is 0.226 e. The van der Waals surface area contributed by atoms with E-state index in [0.29, 0.717) is 23.7 Å². The molecule has 1 aromatic heterocycles. The van der Waals surface area contributed by atoms with Crippen molar-refractivity contribution < 1.29 is 14.3 Å². The van der Waals surface area contributed by atoms with Gasteiger partial charge in [0.05, 0.1) is 19.1 Å². The third-order valence-electron chi connectivity index (χ3n) is 3.64. The molecule has 0 saturated carbocycles. The highest BCUT2D eigenvalue weighted by atomic mass is 32.1. The van der Waals surface area contributed by atoms with Crippen LogP contribution in [0.2, 0.25) is 0 Å². The average Bonchev–Trinajstić information content (AvgIpc) is 2.96. The standard InChI is InChI=1S/C15H17N3O3S/c1-16-15-18-14-13(22-15)9(7-12(19)17-14)8-4-5-10(20-2)11(6-8)21-3/h4-6,9H,7H2,1-3H3,(H,16,18)(H,17,19)/t9-/m1/s1. The molecule has 1 aliphatic rings. The lowest BCUT2D eigenvalue weighted by molar-refractivity contribution is -0.116. The van der Waals surface area contributed by atoms with Gasteiger partial charge in [-0.15, -0.1) is 0 Å². The van der Waals surface area contributed by atoms with Crippen LogP contribution in [0, 0.1) is 0 Å². The fraction of sp³-hybridized carbons (Fsp3) is 0.333. The number of ether oxygens (including phenoxy) is 2. The number of nitrogens with one attached hydrogen (secondary N) is 2. The number of fused-ring (bicyclic) bond motifs is 1. The Morgan fingerprint density at radius 2 is 2.09 bits per heavy atom. The smallest absolute Gasteiger partial charge is 0.226 e. The van der Waals surface area contributed by atoms with Gasteiger partial charge in [-0.1, -0.05) is 17.4 Å². The number of hydrogen-bond donors (Lipinski definition) is 2. The van der Waals surface area contributed by atoms with Gasteiger partial charge in [0, 0.05) is 19.4 Å². The van der Waals surface area contributed by atoms with Crippen LogP contribution in [0.1, 0.15) is 22.8 Å². The summed E-state index contributed by atoms with van der Waals surface area (Å²) in [6.07, 6.45) is 0.397. The summed E-state index contributed by atoms with van der Waals surface area (Å²) in [4.78, 5) is 17.4. The van der Waals surface area contributed by atoms with Crippen LogP contribution >= 0.6 is 11.3 Å². The van der Waals surface area contributed by atoms with Crippen molar-refractivity contribution in [1.82, 2.24) is 4.98 Å². The Morgan fingerprint density at radius 1 is 1.32 bits per heavy atom. The second-order valence-corrected chi connectivity index (χ2v) is 5.93. The molecule has 22 heavy (non-hydrogen) atoms. The van der Waals surface area contributed by atoms with Crippen LogP contribution < -0.4 is 20.1 Å². The number of methoxy groups -OCH3 is 2. The number of carbonyl (C=O) groups excluding carboxylic acids is 1. The molecule has 0 radical (unpaired) electrons. The van der Waals surface area contributed by atoms with Crippen molar-refractivity contribution in [3.63, 3.8) is 0 Å². The first-order valence-electron chi connectivity index (χ1n) is 6.86. The highest BCUT2D eigenvalue weighted by Crippen LogP contribution is 2.43. The third-order valence-corrected chi connectivity index (χ3v) is 4.83. The van der Waals surface area contributed by atoms with Crippen molar-refractivity contribution in [2.45, 2.75) is 12.3 Å². The second kappa shape index (κ2) is 5.84. The minimum atomic E-state index is -0.0276. The lowest BCUT2D eigenvalue weighted by Crippen LogP contribution is -2.22. The number of carbonyl (C=O) groups is 1. The van der Waals surface area contributed by atoms with Gasteiger partial charge in [-0.25, -0.2) is 4.98 Å². The van der Waals surface area contributed by atoms with Gasteiger partial charge < -0.3 is 20.1 Å². The Bertz CT molecular complexity index is 714. The molecule has 3 rings (SSSR count). The number of amides is 1. The summed E-state index contributed by atoms with van der Waals surface area (Å²) in [5.41, 5.74) is 1.01. The first kappa shape index (κ1) is 14.6. The quantitative estimate of drug-likeness (QED) is 0.906. The Balaban J connectivity index is 2.05. The predicted molar refractivity (Wildman–Crippen MR) is 86.3 cm³/mol. The van der Waals surface area contributed by atoms with Crippen molar-refractivity contribution in [2.75, 3.05) is 31.9 Å². The van der Waals surface area contributed by atoms with Crippen molar-refractivity contribution in [3.8, 4) is 11.5 Å².